The summed E-state index contributed by atoms with van der Waals surface area (Å²) in [6.07, 6.45) is 2.92. The van der Waals surface area contributed by atoms with E-state index in [1.165, 1.54) is 0 Å². The van der Waals surface area contributed by atoms with Crippen molar-refractivity contribution in [3.8, 4) is 0 Å². The van der Waals surface area contributed by atoms with Crippen LogP contribution in [0, 0.1) is 0 Å². The summed E-state index contributed by atoms with van der Waals surface area (Å²) in [6, 6.07) is 0. The summed E-state index contributed by atoms with van der Waals surface area (Å²) >= 11 is 11.7. The maximum Gasteiger partial charge on any atom is 0.410 e. The van der Waals surface area contributed by atoms with Crippen molar-refractivity contribution in [1.82, 2.24) is 14.9 Å². The zero-order valence-corrected chi connectivity index (χ0v) is 15.0. The van der Waals surface area contributed by atoms with Gasteiger partial charge in [0.2, 0.25) is 5.28 Å². The zero-order valence-electron chi connectivity index (χ0n) is 13.5. The van der Waals surface area contributed by atoms with E-state index in [1.54, 1.807) is 11.1 Å². The summed E-state index contributed by atoms with van der Waals surface area (Å²) in [5.41, 5.74) is 0.171. The van der Waals surface area contributed by atoms with Crippen molar-refractivity contribution < 1.29 is 14.3 Å². The molecule has 23 heavy (non-hydrogen) atoms. The fourth-order valence-electron chi connectivity index (χ4n) is 2.24. The lowest BCUT2D eigenvalue weighted by Gasteiger charge is -2.34. The number of amides is 1. The molecule has 1 atom stereocenters. The number of likely N-dealkylation sites (tertiary alicyclic amines) is 1. The first kappa shape index (κ1) is 18.2. The van der Waals surface area contributed by atoms with E-state index >= 15 is 0 Å². The molecule has 1 amide bonds. The lowest BCUT2D eigenvalue weighted by Crippen LogP contribution is -2.45. The van der Waals surface area contributed by atoms with Crippen LogP contribution in [-0.2, 0) is 16.1 Å². The van der Waals surface area contributed by atoms with Crippen LogP contribution >= 0.6 is 23.2 Å². The van der Waals surface area contributed by atoms with E-state index < -0.39 is 5.60 Å². The molecule has 0 spiro atoms. The highest BCUT2D eigenvalue weighted by Gasteiger charge is 2.28. The van der Waals surface area contributed by atoms with E-state index in [2.05, 4.69) is 9.97 Å². The fraction of sp³-hybridized carbons (Fsp3) is 0.667. The van der Waals surface area contributed by atoms with Crippen molar-refractivity contribution >= 4 is 29.3 Å². The number of nitrogens with zero attached hydrogens (tertiary/aromatic N) is 3. The molecule has 1 saturated heterocycles. The smallest absolute Gasteiger partial charge is 0.410 e. The number of halogens is 2. The van der Waals surface area contributed by atoms with E-state index in [4.69, 9.17) is 32.7 Å². The van der Waals surface area contributed by atoms with Crippen LogP contribution < -0.4 is 0 Å². The van der Waals surface area contributed by atoms with Gasteiger partial charge in [0.1, 0.15) is 10.8 Å². The summed E-state index contributed by atoms with van der Waals surface area (Å²) in [4.78, 5) is 21.6. The molecule has 1 fully saturated rings. The summed E-state index contributed by atoms with van der Waals surface area (Å²) in [5, 5.41) is 0.386. The highest BCUT2D eigenvalue weighted by atomic mass is 35.5. The Hall–Kier alpha value is -1.11. The molecule has 6 nitrogen and oxygen atoms in total. The van der Waals surface area contributed by atoms with Crippen molar-refractivity contribution in [3.63, 3.8) is 0 Å². The molecule has 0 unspecified atom stereocenters. The molecule has 0 saturated carbocycles. The molecule has 0 aliphatic carbocycles. The Morgan fingerprint density at radius 2 is 2.17 bits per heavy atom. The topological polar surface area (TPSA) is 64.5 Å². The van der Waals surface area contributed by atoms with Crippen molar-refractivity contribution in [2.75, 3.05) is 13.1 Å². The molecule has 0 radical (unpaired) electrons. The van der Waals surface area contributed by atoms with Crippen LogP contribution in [0.4, 0.5) is 4.79 Å². The third-order valence-corrected chi connectivity index (χ3v) is 3.80. The quantitative estimate of drug-likeness (QED) is 0.606. The van der Waals surface area contributed by atoms with Gasteiger partial charge in [0.05, 0.1) is 19.3 Å². The van der Waals surface area contributed by atoms with Crippen molar-refractivity contribution in [3.05, 3.63) is 22.2 Å². The van der Waals surface area contributed by atoms with E-state index in [1.807, 2.05) is 20.8 Å². The predicted octanol–water partition coefficient (Wildman–Crippen LogP) is 3.70. The minimum absolute atomic E-state index is 0.0667. The van der Waals surface area contributed by atoms with Gasteiger partial charge >= 0.3 is 6.09 Å². The second-order valence-electron chi connectivity index (χ2n) is 6.46. The summed E-state index contributed by atoms with van der Waals surface area (Å²) < 4.78 is 11.2. The first-order valence-corrected chi connectivity index (χ1v) is 8.26. The van der Waals surface area contributed by atoms with Crippen LogP contribution in [0.15, 0.2) is 6.20 Å². The van der Waals surface area contributed by atoms with Gasteiger partial charge in [-0.15, -0.1) is 0 Å². The molecule has 1 aromatic heterocycles. The molecular formula is C15H21Cl2N3O3. The standard InChI is InChI=1S/C15H21Cl2N3O3/c1-15(2,3)23-14(21)20-6-4-5-11(8-20)22-9-10-7-18-13(17)19-12(10)16/h7,11H,4-6,8-9H2,1-3H3/t11-/m0/s1. The van der Waals surface area contributed by atoms with Crippen molar-refractivity contribution in [1.29, 1.82) is 0 Å². The number of ether oxygens (including phenoxy) is 2. The number of rotatable bonds is 3. The molecule has 8 heteroatoms. The Morgan fingerprint density at radius 3 is 2.83 bits per heavy atom. The minimum Gasteiger partial charge on any atom is -0.444 e. The predicted molar refractivity (Wildman–Crippen MR) is 87.7 cm³/mol. The second-order valence-corrected chi connectivity index (χ2v) is 7.15. The SMILES string of the molecule is CC(C)(C)OC(=O)N1CCC[C@H](OCc2cnc(Cl)nc2Cl)C1. The molecule has 0 bridgehead atoms. The molecule has 1 aromatic rings. The molecule has 128 valence electrons. The van der Waals surface area contributed by atoms with Crippen molar-refractivity contribution in [2.24, 2.45) is 0 Å². The Balaban J connectivity index is 1.87. The van der Waals surface area contributed by atoms with Crippen LogP contribution in [0.1, 0.15) is 39.2 Å². The lowest BCUT2D eigenvalue weighted by molar-refractivity contribution is -0.0259. The van der Waals surface area contributed by atoms with E-state index in [0.29, 0.717) is 18.7 Å². The molecule has 0 aromatic carbocycles. The van der Waals surface area contributed by atoms with Crippen LogP contribution in [0.3, 0.4) is 0 Å². The third-order valence-electron chi connectivity index (χ3n) is 3.29. The van der Waals surface area contributed by atoms with Gasteiger partial charge in [-0.2, -0.15) is 0 Å². The fourth-order valence-corrected chi connectivity index (χ4v) is 2.60. The Labute approximate surface area is 146 Å². The Morgan fingerprint density at radius 1 is 1.43 bits per heavy atom. The van der Waals surface area contributed by atoms with Crippen molar-refractivity contribution in [2.45, 2.75) is 51.9 Å². The maximum absolute atomic E-state index is 12.1. The third kappa shape index (κ3) is 5.79. The average Bonchev–Trinajstić information content (AvgIpc) is 2.45. The second kappa shape index (κ2) is 7.64. The van der Waals surface area contributed by atoms with Gasteiger partial charge in [0.15, 0.2) is 0 Å². The van der Waals surface area contributed by atoms with Gasteiger partial charge in [0, 0.05) is 18.3 Å². The maximum atomic E-state index is 12.1. The number of hydrogen-bond acceptors (Lipinski definition) is 5. The highest BCUT2D eigenvalue weighted by molar-refractivity contribution is 6.32. The largest absolute Gasteiger partial charge is 0.444 e. The van der Waals surface area contributed by atoms with Crippen LogP contribution in [0.25, 0.3) is 0 Å². The molecule has 1 aliphatic heterocycles. The lowest BCUT2D eigenvalue weighted by atomic mass is 10.1. The van der Waals surface area contributed by atoms with Crippen LogP contribution in [0.5, 0.6) is 0 Å². The highest BCUT2D eigenvalue weighted by Crippen LogP contribution is 2.20. The van der Waals surface area contributed by atoms with Crippen LogP contribution in [0.2, 0.25) is 10.4 Å². The Kier molecular flexibility index (Phi) is 6.06. The Bertz CT molecular complexity index is 563. The van der Waals surface area contributed by atoms with E-state index in [9.17, 15) is 4.79 Å². The first-order chi connectivity index (χ1) is 10.7. The van der Waals surface area contributed by atoms with Gasteiger partial charge in [0.25, 0.3) is 0 Å². The molecule has 1 aliphatic rings. The summed E-state index contributed by atoms with van der Waals surface area (Å²) in [6.45, 7) is 7.02. The van der Waals surface area contributed by atoms with Crippen LogP contribution in [-0.4, -0.2) is 45.8 Å². The van der Waals surface area contributed by atoms with Gasteiger partial charge in [-0.1, -0.05) is 11.6 Å². The number of aromatic nitrogens is 2. The number of piperidine rings is 1. The molecular weight excluding hydrogens is 341 g/mol. The number of hydrogen-bond donors (Lipinski definition) is 0. The summed E-state index contributed by atoms with van der Waals surface area (Å²) in [5.74, 6) is 0. The molecule has 2 rings (SSSR count). The number of carbonyl (C=O) groups is 1. The van der Waals surface area contributed by atoms with Gasteiger partial charge < -0.3 is 14.4 Å². The normalized spacial score (nSPS) is 18.8. The first-order valence-electron chi connectivity index (χ1n) is 7.51. The van der Waals surface area contributed by atoms with E-state index in [0.717, 1.165) is 12.8 Å². The van der Waals surface area contributed by atoms with Gasteiger partial charge in [-0.25, -0.2) is 14.8 Å². The number of carbonyl (C=O) groups excluding carboxylic acids is 1. The minimum atomic E-state index is -0.501. The molecule has 0 N–H and O–H groups in total. The van der Waals surface area contributed by atoms with E-state index in [-0.39, 0.29) is 29.2 Å². The van der Waals surface area contributed by atoms with Gasteiger partial charge in [-0.05, 0) is 45.2 Å². The monoisotopic (exact) mass is 361 g/mol. The van der Waals surface area contributed by atoms with Gasteiger partial charge in [-0.3, -0.25) is 0 Å². The zero-order chi connectivity index (χ0) is 17.0. The average molecular weight is 362 g/mol. The molecule has 2 heterocycles. The summed E-state index contributed by atoms with van der Waals surface area (Å²) in [7, 11) is 0.